The van der Waals surface area contributed by atoms with Crippen LogP contribution in [-0.2, 0) is 5.88 Å². The van der Waals surface area contributed by atoms with Gasteiger partial charge in [0.25, 0.3) is 0 Å². The standard InChI is InChI=1S/C11H6ClF2N5O2.ClH/c12-3-6-16-9-4-1-2-5-8(21-11(13,14)20-5)7(4)17-10(15)19(9)18-6;/h1-2H,3H2,(H2,15,17);1H. The number of rotatable bonds is 1. The van der Waals surface area contributed by atoms with Crippen LogP contribution in [-0.4, -0.2) is 25.9 Å². The number of benzene rings is 1. The molecule has 0 bridgehead atoms. The molecule has 0 aliphatic carbocycles. The number of nitrogens with zero attached hydrogens (tertiary/aromatic N) is 4. The first kappa shape index (κ1) is 14.8. The topological polar surface area (TPSA) is 87.6 Å². The zero-order valence-electron chi connectivity index (χ0n) is 10.6. The molecule has 0 amide bonds. The van der Waals surface area contributed by atoms with Crippen molar-refractivity contribution in [3.8, 4) is 11.5 Å². The summed E-state index contributed by atoms with van der Waals surface area (Å²) >= 11 is 5.69. The maximum Gasteiger partial charge on any atom is 0.586 e. The number of alkyl halides is 3. The van der Waals surface area contributed by atoms with Crippen molar-refractivity contribution in [1.82, 2.24) is 19.6 Å². The molecule has 2 aromatic heterocycles. The zero-order chi connectivity index (χ0) is 14.8. The van der Waals surface area contributed by atoms with Crippen molar-refractivity contribution >= 4 is 46.5 Å². The smallest absolute Gasteiger partial charge is 0.395 e. The molecule has 116 valence electrons. The molecule has 22 heavy (non-hydrogen) atoms. The number of ether oxygens (including phenoxy) is 2. The van der Waals surface area contributed by atoms with Crippen LogP contribution in [0.2, 0.25) is 0 Å². The molecule has 3 aromatic rings. The molecule has 4 rings (SSSR count). The van der Waals surface area contributed by atoms with Crippen molar-refractivity contribution in [2.45, 2.75) is 12.2 Å². The second-order valence-corrected chi connectivity index (χ2v) is 4.59. The fourth-order valence-corrected chi connectivity index (χ4v) is 2.31. The average Bonchev–Trinajstić information content (AvgIpc) is 2.98. The summed E-state index contributed by atoms with van der Waals surface area (Å²) in [5.41, 5.74) is 6.26. The van der Waals surface area contributed by atoms with Crippen LogP contribution in [0.15, 0.2) is 12.1 Å². The number of aromatic nitrogens is 4. The third-order valence-electron chi connectivity index (χ3n) is 3.00. The largest absolute Gasteiger partial charge is 0.586 e. The molecular weight excluding hydrogens is 343 g/mol. The zero-order valence-corrected chi connectivity index (χ0v) is 12.2. The molecule has 0 spiro atoms. The fourth-order valence-electron chi connectivity index (χ4n) is 2.20. The van der Waals surface area contributed by atoms with Crippen LogP contribution in [0.1, 0.15) is 5.82 Å². The van der Waals surface area contributed by atoms with Gasteiger partial charge in [0, 0.05) is 5.39 Å². The first-order valence-electron chi connectivity index (χ1n) is 5.78. The van der Waals surface area contributed by atoms with Crippen LogP contribution in [0, 0.1) is 0 Å². The van der Waals surface area contributed by atoms with Crippen LogP contribution >= 0.6 is 24.0 Å². The molecule has 0 fully saturated rings. The predicted octanol–water partition coefficient (Wildman–Crippen LogP) is 2.34. The van der Waals surface area contributed by atoms with Gasteiger partial charge in [-0.2, -0.15) is 4.52 Å². The van der Waals surface area contributed by atoms with Crippen LogP contribution in [0.25, 0.3) is 16.6 Å². The van der Waals surface area contributed by atoms with Gasteiger partial charge >= 0.3 is 6.29 Å². The summed E-state index contributed by atoms with van der Waals surface area (Å²) in [6, 6.07) is 2.89. The third kappa shape index (κ3) is 1.97. The Hall–Kier alpha value is -2.13. The number of halogens is 4. The Morgan fingerprint density at radius 3 is 2.77 bits per heavy atom. The van der Waals surface area contributed by atoms with E-state index in [4.69, 9.17) is 17.3 Å². The summed E-state index contributed by atoms with van der Waals surface area (Å²) in [6.07, 6.45) is -3.73. The van der Waals surface area contributed by atoms with E-state index >= 15 is 0 Å². The van der Waals surface area contributed by atoms with Crippen molar-refractivity contribution in [2.24, 2.45) is 0 Å². The minimum atomic E-state index is -3.73. The molecule has 1 aromatic carbocycles. The van der Waals surface area contributed by atoms with E-state index in [0.717, 1.165) is 0 Å². The van der Waals surface area contributed by atoms with Crippen molar-refractivity contribution in [3.05, 3.63) is 18.0 Å². The predicted molar refractivity (Wildman–Crippen MR) is 75.7 cm³/mol. The van der Waals surface area contributed by atoms with E-state index in [9.17, 15) is 8.78 Å². The van der Waals surface area contributed by atoms with E-state index < -0.39 is 6.29 Å². The first-order valence-corrected chi connectivity index (χ1v) is 6.31. The Morgan fingerprint density at radius 2 is 2.05 bits per heavy atom. The monoisotopic (exact) mass is 349 g/mol. The minimum absolute atomic E-state index is 0. The molecule has 0 unspecified atom stereocenters. The molecule has 11 heteroatoms. The van der Waals surface area contributed by atoms with Crippen LogP contribution in [0.3, 0.4) is 0 Å². The van der Waals surface area contributed by atoms with Gasteiger partial charge < -0.3 is 15.2 Å². The maximum atomic E-state index is 13.2. The highest BCUT2D eigenvalue weighted by Crippen LogP contribution is 2.45. The summed E-state index contributed by atoms with van der Waals surface area (Å²) in [7, 11) is 0. The van der Waals surface area contributed by atoms with Gasteiger partial charge in [-0.1, -0.05) is 0 Å². The first-order chi connectivity index (χ1) is 9.98. The number of nitrogens with two attached hydrogens (primary N) is 1. The van der Waals surface area contributed by atoms with Gasteiger partial charge in [0.15, 0.2) is 23.0 Å². The lowest BCUT2D eigenvalue weighted by Crippen LogP contribution is -2.26. The molecule has 0 radical (unpaired) electrons. The van der Waals surface area contributed by atoms with Crippen molar-refractivity contribution in [2.75, 3.05) is 5.73 Å². The quantitative estimate of drug-likeness (QED) is 0.678. The second-order valence-electron chi connectivity index (χ2n) is 4.32. The lowest BCUT2D eigenvalue weighted by molar-refractivity contribution is -0.286. The highest BCUT2D eigenvalue weighted by molar-refractivity contribution is 6.16. The number of anilines is 1. The Morgan fingerprint density at radius 1 is 1.27 bits per heavy atom. The van der Waals surface area contributed by atoms with Gasteiger partial charge in [0.1, 0.15) is 5.52 Å². The van der Waals surface area contributed by atoms with Gasteiger partial charge in [0.05, 0.1) is 5.88 Å². The van der Waals surface area contributed by atoms with Gasteiger partial charge in [0.2, 0.25) is 5.95 Å². The molecule has 0 saturated heterocycles. The normalized spacial score (nSPS) is 15.2. The lowest BCUT2D eigenvalue weighted by Gasteiger charge is -2.05. The van der Waals surface area contributed by atoms with Crippen molar-refractivity contribution < 1.29 is 18.3 Å². The van der Waals surface area contributed by atoms with E-state index in [-0.39, 0.29) is 41.3 Å². The Kier molecular flexibility index (Phi) is 3.15. The van der Waals surface area contributed by atoms with E-state index in [1.54, 1.807) is 0 Å². The second kappa shape index (κ2) is 4.68. The molecule has 1 aliphatic rings. The number of hydrogen-bond acceptors (Lipinski definition) is 6. The summed E-state index contributed by atoms with van der Waals surface area (Å²) < 4.78 is 36.5. The summed E-state index contributed by atoms with van der Waals surface area (Å²) in [6.45, 7) is 0. The number of hydrogen-bond donors (Lipinski definition) is 1. The molecule has 1 aliphatic heterocycles. The van der Waals surface area contributed by atoms with Crippen molar-refractivity contribution in [1.29, 1.82) is 0 Å². The lowest BCUT2D eigenvalue weighted by atomic mass is 10.2. The van der Waals surface area contributed by atoms with E-state index in [1.807, 2.05) is 0 Å². The van der Waals surface area contributed by atoms with E-state index in [1.165, 1.54) is 16.6 Å². The van der Waals surface area contributed by atoms with Crippen molar-refractivity contribution in [3.63, 3.8) is 0 Å². The molecule has 3 heterocycles. The average molecular weight is 350 g/mol. The Labute approximate surface area is 132 Å². The maximum absolute atomic E-state index is 13.2. The van der Waals surface area contributed by atoms with Crippen LogP contribution in [0.5, 0.6) is 11.5 Å². The van der Waals surface area contributed by atoms with Crippen LogP contribution in [0.4, 0.5) is 14.7 Å². The molecular formula is C11H7Cl2F2N5O2. The molecule has 0 atom stereocenters. The Balaban J connectivity index is 0.00000144. The van der Waals surface area contributed by atoms with Crippen LogP contribution < -0.4 is 15.2 Å². The van der Waals surface area contributed by atoms with Gasteiger partial charge in [-0.15, -0.1) is 37.9 Å². The highest BCUT2D eigenvalue weighted by atomic mass is 35.5. The molecule has 2 N–H and O–H groups in total. The Bertz CT molecular complexity index is 901. The molecule has 0 saturated carbocycles. The van der Waals surface area contributed by atoms with E-state index in [0.29, 0.717) is 16.9 Å². The fraction of sp³-hybridized carbons (Fsp3) is 0.182. The number of nitrogen functional groups attached to an aromatic ring is 1. The van der Waals surface area contributed by atoms with Gasteiger partial charge in [-0.05, 0) is 12.1 Å². The van der Waals surface area contributed by atoms with E-state index in [2.05, 4.69) is 24.5 Å². The SMILES string of the molecule is Cl.Nc1nc2c3c(ccc2c2nc(CCl)nn12)OC(F)(F)O3. The van der Waals surface area contributed by atoms with Gasteiger partial charge in [-0.25, -0.2) is 9.97 Å². The summed E-state index contributed by atoms with van der Waals surface area (Å²) in [5, 5.41) is 4.52. The highest BCUT2D eigenvalue weighted by Gasteiger charge is 2.44. The number of fused-ring (bicyclic) bond motifs is 5. The third-order valence-corrected chi connectivity index (χ3v) is 3.24. The molecule has 7 nitrogen and oxygen atoms in total. The van der Waals surface area contributed by atoms with Gasteiger partial charge in [-0.3, -0.25) is 0 Å². The minimum Gasteiger partial charge on any atom is -0.395 e. The summed E-state index contributed by atoms with van der Waals surface area (Å²) in [5.74, 6) is 0.128. The summed E-state index contributed by atoms with van der Waals surface area (Å²) in [4.78, 5) is 8.24.